The van der Waals surface area contributed by atoms with Crippen LogP contribution in [0.2, 0.25) is 0 Å². The van der Waals surface area contributed by atoms with E-state index in [0.717, 1.165) is 0 Å². The van der Waals surface area contributed by atoms with E-state index in [1.807, 2.05) is 0 Å². The third-order valence-electron chi connectivity index (χ3n) is 14.8. The Hall–Kier alpha value is -8.98. The minimum absolute atomic E-state index is 1.20. The van der Waals surface area contributed by atoms with Gasteiger partial charge in [-0.2, -0.15) is 0 Å². The number of hydrogen-bond acceptors (Lipinski definition) is 0. The van der Waals surface area contributed by atoms with Gasteiger partial charge in [0.05, 0.1) is 33.1 Å². The summed E-state index contributed by atoms with van der Waals surface area (Å²) in [5.74, 6) is 0. The molecule has 15 aromatic rings. The summed E-state index contributed by atoms with van der Waals surface area (Å²) in [5, 5.41) is 10.4. The van der Waals surface area contributed by atoms with Crippen molar-refractivity contribution < 1.29 is 0 Å². The van der Waals surface area contributed by atoms with E-state index in [1.54, 1.807) is 0 Å². The smallest absolute Gasteiger partial charge is 0.0634 e. The Morgan fingerprint density at radius 1 is 0.191 bits per heavy atom. The van der Waals surface area contributed by atoms with E-state index in [0.29, 0.717) is 0 Å². The molecule has 4 aromatic heterocycles. The van der Waals surface area contributed by atoms with Crippen LogP contribution in [0, 0.1) is 0 Å². The lowest BCUT2D eigenvalue weighted by Crippen LogP contribution is -1.89. The molecule has 0 aliphatic rings. The molecule has 4 heterocycles. The van der Waals surface area contributed by atoms with Crippen molar-refractivity contribution in [3.63, 3.8) is 0 Å². The molecule has 0 atom stereocenters. The predicted molar refractivity (Wildman–Crippen MR) is 288 cm³/mol. The first-order valence-electron chi connectivity index (χ1n) is 23.6. The van der Waals surface area contributed by atoms with Crippen LogP contribution in [0.4, 0.5) is 0 Å². The second kappa shape index (κ2) is 14.3. The van der Waals surface area contributed by atoms with E-state index in [9.17, 15) is 0 Å². The number of hydrogen-bond donors (Lipinski definition) is 0. The highest BCUT2D eigenvalue weighted by molar-refractivity contribution is 6.45. The van der Waals surface area contributed by atoms with Crippen LogP contribution in [0.5, 0.6) is 0 Å². The SMILES string of the molecule is c1ccc(-c2ccc(-c3ccccc3)c(-c3ccc4c5c6c7ccccc7n7c8cc(-c9cc(-c%10ccccc%10)ccc9-c9ccccc9)ccc8c(c8c9ccccc9n(c4c3)c85)c67)c2)cc1. The van der Waals surface area contributed by atoms with Gasteiger partial charge in [0.1, 0.15) is 0 Å². The number of benzene rings is 11. The molecule has 0 saturated carbocycles. The van der Waals surface area contributed by atoms with Gasteiger partial charge in [0.2, 0.25) is 0 Å². The van der Waals surface area contributed by atoms with Crippen molar-refractivity contribution in [2.24, 2.45) is 0 Å². The molecule has 0 amide bonds. The maximum atomic E-state index is 2.58. The zero-order valence-electron chi connectivity index (χ0n) is 37.0. The Morgan fingerprint density at radius 2 is 0.515 bits per heavy atom. The molecular weight excluding hydrogens is 821 g/mol. The van der Waals surface area contributed by atoms with E-state index in [-0.39, 0.29) is 0 Å². The summed E-state index contributed by atoms with van der Waals surface area (Å²) < 4.78 is 5.16. The topological polar surface area (TPSA) is 8.82 Å². The number of nitrogens with zero attached hydrogens (tertiary/aromatic N) is 2. The second-order valence-corrected chi connectivity index (χ2v) is 18.4. The van der Waals surface area contributed by atoms with Gasteiger partial charge in [-0.3, -0.25) is 0 Å². The summed E-state index contributed by atoms with van der Waals surface area (Å²) in [4.78, 5) is 0. The maximum absolute atomic E-state index is 2.58. The van der Waals surface area contributed by atoms with Gasteiger partial charge >= 0.3 is 0 Å². The molecule has 0 bridgehead atoms. The van der Waals surface area contributed by atoms with Crippen LogP contribution >= 0.6 is 0 Å². The van der Waals surface area contributed by atoms with Gasteiger partial charge in [0.25, 0.3) is 0 Å². The average molecular weight is 861 g/mol. The first-order chi connectivity index (χ1) is 33.8. The highest BCUT2D eigenvalue weighted by Gasteiger charge is 2.29. The molecule has 0 saturated heterocycles. The van der Waals surface area contributed by atoms with Gasteiger partial charge in [-0.25, -0.2) is 0 Å². The van der Waals surface area contributed by atoms with Crippen LogP contribution in [0.3, 0.4) is 0 Å². The highest BCUT2D eigenvalue weighted by Crippen LogP contribution is 2.53. The van der Waals surface area contributed by atoms with E-state index in [1.165, 1.54) is 143 Å². The molecule has 0 spiro atoms. The summed E-state index contributed by atoms with van der Waals surface area (Å²) in [6, 6.07) is 89.7. The molecule has 15 rings (SSSR count). The number of fused-ring (bicyclic) bond motifs is 14. The van der Waals surface area contributed by atoms with Crippen LogP contribution in [0.1, 0.15) is 0 Å². The van der Waals surface area contributed by atoms with Crippen LogP contribution in [-0.2, 0) is 0 Å². The number of rotatable bonds is 6. The Balaban J connectivity index is 1.04. The molecule has 2 heteroatoms. The van der Waals surface area contributed by atoms with E-state index < -0.39 is 0 Å². The monoisotopic (exact) mass is 860 g/mol. The molecule has 314 valence electrons. The first-order valence-corrected chi connectivity index (χ1v) is 23.6. The normalized spacial score (nSPS) is 12.1. The van der Waals surface area contributed by atoms with E-state index >= 15 is 0 Å². The van der Waals surface area contributed by atoms with Gasteiger partial charge in [0.15, 0.2) is 0 Å². The summed E-state index contributed by atoms with van der Waals surface area (Å²) >= 11 is 0. The lowest BCUT2D eigenvalue weighted by atomic mass is 9.90. The fourth-order valence-electron chi connectivity index (χ4n) is 11.8. The Labute approximate surface area is 392 Å². The summed E-state index contributed by atoms with van der Waals surface area (Å²) in [7, 11) is 0. The minimum atomic E-state index is 1.20. The van der Waals surface area contributed by atoms with Gasteiger partial charge in [-0.15, -0.1) is 0 Å². The van der Waals surface area contributed by atoms with Crippen molar-refractivity contribution in [2.75, 3.05) is 0 Å². The molecule has 0 aliphatic heterocycles. The molecule has 68 heavy (non-hydrogen) atoms. The quantitative estimate of drug-likeness (QED) is 0.157. The molecule has 0 unspecified atom stereocenters. The zero-order chi connectivity index (χ0) is 44.5. The lowest BCUT2D eigenvalue weighted by molar-refractivity contribution is 1.37. The third kappa shape index (κ3) is 5.23. The van der Waals surface area contributed by atoms with Crippen molar-refractivity contribution in [2.45, 2.75) is 0 Å². The zero-order valence-corrected chi connectivity index (χ0v) is 37.0. The van der Waals surface area contributed by atoms with Gasteiger partial charge < -0.3 is 8.80 Å². The van der Waals surface area contributed by atoms with Crippen LogP contribution < -0.4 is 0 Å². The summed E-state index contributed by atoms with van der Waals surface area (Å²) in [6.45, 7) is 0. The van der Waals surface area contributed by atoms with Gasteiger partial charge in [0, 0.05) is 43.1 Å². The van der Waals surface area contributed by atoms with Crippen molar-refractivity contribution in [3.05, 3.63) is 243 Å². The van der Waals surface area contributed by atoms with Crippen LogP contribution in [-0.4, -0.2) is 8.80 Å². The molecule has 0 radical (unpaired) electrons. The Morgan fingerprint density at radius 3 is 0.912 bits per heavy atom. The fraction of sp³-hybridized carbons (Fsp3) is 0. The molecule has 0 aliphatic carbocycles. The molecule has 0 N–H and O–H groups in total. The summed E-state index contributed by atoms with van der Waals surface area (Å²) in [5.41, 5.74) is 22.1. The van der Waals surface area contributed by atoms with Crippen molar-refractivity contribution in [1.82, 2.24) is 8.80 Å². The molecule has 11 aromatic carbocycles. The van der Waals surface area contributed by atoms with Crippen molar-refractivity contribution in [3.8, 4) is 66.8 Å². The van der Waals surface area contributed by atoms with E-state index in [2.05, 4.69) is 251 Å². The van der Waals surface area contributed by atoms with Crippen LogP contribution in [0.25, 0.3) is 143 Å². The van der Waals surface area contributed by atoms with Gasteiger partial charge in [-0.05, 0) is 103 Å². The molecule has 0 fully saturated rings. The fourth-order valence-corrected chi connectivity index (χ4v) is 11.8. The predicted octanol–water partition coefficient (Wildman–Crippen LogP) is 18.0. The van der Waals surface area contributed by atoms with Crippen LogP contribution in [0.15, 0.2) is 243 Å². The van der Waals surface area contributed by atoms with Crippen molar-refractivity contribution in [1.29, 1.82) is 0 Å². The molecule has 2 nitrogen and oxygen atoms in total. The highest BCUT2D eigenvalue weighted by atomic mass is 14.9. The average Bonchev–Trinajstić information content (AvgIpc) is 4.15. The van der Waals surface area contributed by atoms with Gasteiger partial charge in [-0.1, -0.05) is 206 Å². The second-order valence-electron chi connectivity index (χ2n) is 18.4. The number of aromatic nitrogens is 2. The number of para-hydroxylation sites is 2. The standard InChI is InChI=1S/C66H40N2/c1-5-17-41(18-6-1)45-29-33-49(43-21-9-3-10-22-43)55(37-45)47-31-35-53-59(39-47)67-57-27-15-13-25-51(57)62-64-54-36-32-48(40-60(54)68-58-28-16-14-26-52(58)61(66(64)68)63(53)65(62)67)56-38-46(42-19-7-2-8-20-42)30-34-50(56)44-23-11-4-12-24-44/h1-40H. The minimum Gasteiger partial charge on any atom is -0.308 e. The van der Waals surface area contributed by atoms with Crippen molar-refractivity contribution >= 4 is 76.2 Å². The Bertz CT molecular complexity index is 4160. The largest absolute Gasteiger partial charge is 0.308 e. The van der Waals surface area contributed by atoms with E-state index in [4.69, 9.17) is 0 Å². The Kier molecular flexibility index (Phi) is 7.81. The maximum Gasteiger partial charge on any atom is 0.0634 e. The lowest BCUT2D eigenvalue weighted by Gasteiger charge is -2.14. The summed E-state index contributed by atoms with van der Waals surface area (Å²) in [6.07, 6.45) is 0. The third-order valence-corrected chi connectivity index (χ3v) is 14.8. The molecular formula is C66H40N2. The first kappa shape index (κ1) is 37.3.